The molecule has 0 saturated heterocycles. The summed E-state index contributed by atoms with van der Waals surface area (Å²) in [6.45, 7) is 3.54. The molecule has 0 heterocycles. The minimum Gasteiger partial charge on any atom is -0.383 e. The van der Waals surface area contributed by atoms with Crippen molar-refractivity contribution in [3.8, 4) is 0 Å². The SMILES string of the molecule is COCCN(CCNC(=O)N(C)Cc1ccc(F)cc1)C1CC1. The number of nitrogens with one attached hydrogen (secondary N) is 1. The largest absolute Gasteiger partial charge is 0.383 e. The van der Waals surface area contributed by atoms with Crippen molar-refractivity contribution in [2.24, 2.45) is 0 Å². The van der Waals surface area contributed by atoms with E-state index in [9.17, 15) is 9.18 Å². The minimum atomic E-state index is -0.267. The number of halogens is 1. The van der Waals surface area contributed by atoms with Gasteiger partial charge in [0.1, 0.15) is 5.82 Å². The zero-order valence-corrected chi connectivity index (χ0v) is 13.9. The van der Waals surface area contributed by atoms with Crippen LogP contribution in [-0.2, 0) is 11.3 Å². The molecule has 128 valence electrons. The first-order valence-electron chi connectivity index (χ1n) is 8.06. The van der Waals surface area contributed by atoms with Gasteiger partial charge in [0.2, 0.25) is 0 Å². The first kappa shape index (κ1) is 17.7. The maximum atomic E-state index is 12.9. The summed E-state index contributed by atoms with van der Waals surface area (Å²) in [4.78, 5) is 16.1. The van der Waals surface area contributed by atoms with Gasteiger partial charge in [-0.05, 0) is 30.5 Å². The second kappa shape index (κ2) is 8.84. The Morgan fingerprint density at radius 3 is 2.61 bits per heavy atom. The number of rotatable bonds is 9. The highest BCUT2D eigenvalue weighted by Gasteiger charge is 2.28. The van der Waals surface area contributed by atoms with Crippen LogP contribution in [0.3, 0.4) is 0 Å². The van der Waals surface area contributed by atoms with E-state index in [1.807, 2.05) is 0 Å². The Hall–Kier alpha value is -1.66. The topological polar surface area (TPSA) is 44.8 Å². The predicted molar refractivity (Wildman–Crippen MR) is 87.7 cm³/mol. The fourth-order valence-corrected chi connectivity index (χ4v) is 2.50. The van der Waals surface area contributed by atoms with Gasteiger partial charge in [-0.25, -0.2) is 9.18 Å². The zero-order chi connectivity index (χ0) is 16.7. The van der Waals surface area contributed by atoms with Crippen molar-refractivity contribution in [1.82, 2.24) is 15.1 Å². The van der Waals surface area contributed by atoms with Crippen molar-refractivity contribution in [1.29, 1.82) is 0 Å². The summed E-state index contributed by atoms with van der Waals surface area (Å²) in [6.07, 6.45) is 2.48. The van der Waals surface area contributed by atoms with E-state index in [0.29, 0.717) is 19.1 Å². The van der Waals surface area contributed by atoms with Crippen molar-refractivity contribution in [3.63, 3.8) is 0 Å². The number of methoxy groups -OCH3 is 1. The monoisotopic (exact) mass is 323 g/mol. The molecule has 0 radical (unpaired) electrons. The molecule has 0 atom stereocenters. The lowest BCUT2D eigenvalue weighted by Crippen LogP contribution is -2.42. The summed E-state index contributed by atoms with van der Waals surface area (Å²) in [6, 6.07) is 6.74. The van der Waals surface area contributed by atoms with E-state index in [1.54, 1.807) is 31.2 Å². The molecule has 1 aromatic rings. The first-order valence-corrected chi connectivity index (χ1v) is 8.06. The van der Waals surface area contributed by atoms with Gasteiger partial charge < -0.3 is 15.0 Å². The van der Waals surface area contributed by atoms with E-state index in [2.05, 4.69) is 10.2 Å². The quantitative estimate of drug-likeness (QED) is 0.757. The van der Waals surface area contributed by atoms with Crippen LogP contribution >= 0.6 is 0 Å². The highest BCUT2D eigenvalue weighted by molar-refractivity contribution is 5.73. The van der Waals surface area contributed by atoms with Gasteiger partial charge >= 0.3 is 6.03 Å². The highest BCUT2D eigenvalue weighted by atomic mass is 19.1. The van der Waals surface area contributed by atoms with Crippen molar-refractivity contribution in [2.75, 3.05) is 40.4 Å². The lowest BCUT2D eigenvalue weighted by Gasteiger charge is -2.23. The van der Waals surface area contributed by atoms with Crippen LogP contribution in [0.1, 0.15) is 18.4 Å². The van der Waals surface area contributed by atoms with Gasteiger partial charge in [0.25, 0.3) is 0 Å². The lowest BCUT2D eigenvalue weighted by atomic mass is 10.2. The van der Waals surface area contributed by atoms with Gasteiger partial charge in [-0.15, -0.1) is 0 Å². The smallest absolute Gasteiger partial charge is 0.317 e. The second-order valence-electron chi connectivity index (χ2n) is 5.97. The summed E-state index contributed by atoms with van der Waals surface area (Å²) in [7, 11) is 3.44. The Morgan fingerprint density at radius 2 is 2.00 bits per heavy atom. The first-order chi connectivity index (χ1) is 11.1. The van der Waals surface area contributed by atoms with Crippen molar-refractivity contribution in [2.45, 2.75) is 25.4 Å². The Kier molecular flexibility index (Phi) is 6.80. The maximum Gasteiger partial charge on any atom is 0.317 e. The van der Waals surface area contributed by atoms with Crippen LogP contribution in [0.5, 0.6) is 0 Å². The standard InChI is InChI=1S/C17H26FN3O2/c1-20(13-14-3-5-15(18)6-4-14)17(22)19-9-10-21(11-12-23-2)16-7-8-16/h3-6,16H,7-13H2,1-2H3,(H,19,22). The second-order valence-corrected chi connectivity index (χ2v) is 5.97. The Labute approximate surface area is 137 Å². The van der Waals surface area contributed by atoms with Gasteiger partial charge in [-0.1, -0.05) is 12.1 Å². The van der Waals surface area contributed by atoms with Crippen LogP contribution in [0.25, 0.3) is 0 Å². The molecule has 0 unspecified atom stereocenters. The van der Waals surface area contributed by atoms with E-state index in [1.165, 1.54) is 25.0 Å². The third kappa shape index (κ3) is 6.15. The van der Waals surface area contributed by atoms with Crippen molar-refractivity contribution >= 4 is 6.03 Å². The summed E-state index contributed by atoms with van der Waals surface area (Å²) in [5.74, 6) is -0.267. The molecule has 0 aromatic heterocycles. The Balaban J connectivity index is 1.69. The van der Waals surface area contributed by atoms with E-state index in [-0.39, 0.29) is 11.8 Å². The van der Waals surface area contributed by atoms with Crippen molar-refractivity contribution in [3.05, 3.63) is 35.6 Å². The molecule has 1 aliphatic carbocycles. The number of hydrogen-bond acceptors (Lipinski definition) is 3. The minimum absolute atomic E-state index is 0.114. The molecular weight excluding hydrogens is 297 g/mol. The van der Waals surface area contributed by atoms with Gasteiger partial charge in [0, 0.05) is 46.4 Å². The van der Waals surface area contributed by atoms with Gasteiger partial charge in [-0.3, -0.25) is 4.90 Å². The lowest BCUT2D eigenvalue weighted by molar-refractivity contribution is 0.143. The molecule has 1 N–H and O–H groups in total. The third-order valence-electron chi connectivity index (χ3n) is 4.00. The van der Waals surface area contributed by atoms with E-state index >= 15 is 0 Å². The fraction of sp³-hybridized carbons (Fsp3) is 0.588. The number of hydrogen-bond donors (Lipinski definition) is 1. The summed E-state index contributed by atoms with van der Waals surface area (Å²) >= 11 is 0. The maximum absolute atomic E-state index is 12.9. The number of amides is 2. The Bertz CT molecular complexity index is 491. The average Bonchev–Trinajstić information content (AvgIpc) is 3.37. The number of ether oxygens (including phenoxy) is 1. The van der Waals surface area contributed by atoms with Crippen molar-refractivity contribution < 1.29 is 13.9 Å². The third-order valence-corrected chi connectivity index (χ3v) is 4.00. The average molecular weight is 323 g/mol. The molecule has 5 nitrogen and oxygen atoms in total. The van der Waals surface area contributed by atoms with Crippen LogP contribution < -0.4 is 5.32 Å². The fourth-order valence-electron chi connectivity index (χ4n) is 2.50. The molecule has 1 aromatic carbocycles. The molecule has 1 fully saturated rings. The number of carbonyl (C=O) groups excluding carboxylic acids is 1. The molecule has 2 rings (SSSR count). The van der Waals surface area contributed by atoms with E-state index < -0.39 is 0 Å². The van der Waals surface area contributed by atoms with Crippen LogP contribution in [-0.4, -0.2) is 62.3 Å². The zero-order valence-electron chi connectivity index (χ0n) is 13.9. The molecule has 0 spiro atoms. The van der Waals surface area contributed by atoms with Crippen LogP contribution in [0, 0.1) is 5.82 Å². The summed E-state index contributed by atoms with van der Waals surface area (Å²) in [5.41, 5.74) is 0.906. The van der Waals surface area contributed by atoms with Gasteiger partial charge in [0.15, 0.2) is 0 Å². The van der Waals surface area contributed by atoms with Gasteiger partial charge in [0.05, 0.1) is 6.61 Å². The molecule has 23 heavy (non-hydrogen) atoms. The molecule has 0 bridgehead atoms. The number of carbonyl (C=O) groups is 1. The van der Waals surface area contributed by atoms with Gasteiger partial charge in [-0.2, -0.15) is 0 Å². The normalized spacial score (nSPS) is 14.1. The predicted octanol–water partition coefficient (Wildman–Crippen LogP) is 2.08. The number of urea groups is 1. The van der Waals surface area contributed by atoms with E-state index in [0.717, 1.165) is 25.3 Å². The van der Waals surface area contributed by atoms with Crippen LogP contribution in [0.15, 0.2) is 24.3 Å². The molecule has 6 heteroatoms. The molecule has 1 saturated carbocycles. The van der Waals surface area contributed by atoms with E-state index in [4.69, 9.17) is 4.74 Å². The Morgan fingerprint density at radius 1 is 1.30 bits per heavy atom. The molecule has 1 aliphatic rings. The number of benzene rings is 1. The summed E-state index contributed by atoms with van der Waals surface area (Å²) < 4.78 is 18.0. The van der Waals surface area contributed by atoms with Crippen LogP contribution in [0.4, 0.5) is 9.18 Å². The number of nitrogens with zero attached hydrogens (tertiary/aromatic N) is 2. The molecular formula is C17H26FN3O2. The molecule has 0 aliphatic heterocycles. The van der Waals surface area contributed by atoms with Crippen LogP contribution in [0.2, 0.25) is 0 Å². The highest BCUT2D eigenvalue weighted by Crippen LogP contribution is 2.25. The summed E-state index contributed by atoms with van der Waals surface area (Å²) in [5, 5.41) is 2.93. The molecule has 2 amide bonds.